The zero-order valence-electron chi connectivity index (χ0n) is 10.3. The second kappa shape index (κ2) is 5.13. The van der Waals surface area contributed by atoms with Gasteiger partial charge in [-0.15, -0.1) is 0 Å². The zero-order chi connectivity index (χ0) is 12.2. The van der Waals surface area contributed by atoms with Crippen LogP contribution in [0.15, 0.2) is 59.2 Å². The van der Waals surface area contributed by atoms with Crippen molar-refractivity contribution in [2.45, 2.75) is 18.9 Å². The van der Waals surface area contributed by atoms with Crippen LogP contribution in [0.25, 0.3) is 6.08 Å². The normalized spacial score (nSPS) is 19.8. The van der Waals surface area contributed by atoms with Crippen molar-refractivity contribution in [3.05, 3.63) is 60.6 Å². The Hall–Kier alpha value is -1.96. The first kappa shape index (κ1) is 11.1. The van der Waals surface area contributed by atoms with Gasteiger partial charge >= 0.3 is 0 Å². The first-order chi connectivity index (χ1) is 8.93. The number of rotatable bonds is 3. The van der Waals surface area contributed by atoms with Gasteiger partial charge in [-0.2, -0.15) is 0 Å². The molecule has 1 unspecified atom stereocenters. The molecule has 1 aliphatic heterocycles. The molecule has 0 bridgehead atoms. The Morgan fingerprint density at radius 3 is 2.78 bits per heavy atom. The van der Waals surface area contributed by atoms with Gasteiger partial charge in [0.2, 0.25) is 0 Å². The number of furan rings is 1. The molecule has 0 spiro atoms. The summed E-state index contributed by atoms with van der Waals surface area (Å²) in [6.45, 7) is 1.14. The van der Waals surface area contributed by atoms with E-state index in [9.17, 15) is 0 Å². The van der Waals surface area contributed by atoms with Crippen molar-refractivity contribution >= 4 is 11.8 Å². The molecule has 0 amide bonds. The average Bonchev–Trinajstić information content (AvgIpc) is 3.09. The van der Waals surface area contributed by atoms with Crippen LogP contribution in [-0.2, 0) is 0 Å². The highest BCUT2D eigenvalue weighted by atomic mass is 16.3. The molecule has 0 aliphatic carbocycles. The number of nitrogens with zero attached hydrogens (tertiary/aromatic N) is 1. The van der Waals surface area contributed by atoms with Crippen LogP contribution in [0.3, 0.4) is 0 Å². The molecule has 1 atom stereocenters. The lowest BCUT2D eigenvalue weighted by Crippen LogP contribution is -2.27. The second-order valence-corrected chi connectivity index (χ2v) is 4.61. The Morgan fingerprint density at radius 2 is 2.00 bits per heavy atom. The molecule has 1 saturated heterocycles. The van der Waals surface area contributed by atoms with Gasteiger partial charge < -0.3 is 9.32 Å². The molecule has 18 heavy (non-hydrogen) atoms. The van der Waals surface area contributed by atoms with Crippen molar-refractivity contribution in [1.29, 1.82) is 0 Å². The quantitative estimate of drug-likeness (QED) is 0.806. The van der Waals surface area contributed by atoms with Crippen molar-refractivity contribution in [2.24, 2.45) is 0 Å². The van der Waals surface area contributed by atoms with E-state index < -0.39 is 0 Å². The highest BCUT2D eigenvalue weighted by Gasteiger charge is 2.22. The molecule has 2 heterocycles. The second-order valence-electron chi connectivity index (χ2n) is 4.61. The summed E-state index contributed by atoms with van der Waals surface area (Å²) in [5, 5.41) is 0. The molecule has 0 saturated carbocycles. The van der Waals surface area contributed by atoms with E-state index in [0.29, 0.717) is 6.04 Å². The predicted molar refractivity (Wildman–Crippen MR) is 74.6 cm³/mol. The van der Waals surface area contributed by atoms with E-state index in [4.69, 9.17) is 4.42 Å². The van der Waals surface area contributed by atoms with Crippen LogP contribution >= 0.6 is 0 Å². The molecule has 0 N–H and O–H groups in total. The van der Waals surface area contributed by atoms with Crippen LogP contribution < -0.4 is 4.90 Å². The molecular formula is C16H17NO. The summed E-state index contributed by atoms with van der Waals surface area (Å²) in [6.07, 6.45) is 8.50. The van der Waals surface area contributed by atoms with Crippen LogP contribution in [0.1, 0.15) is 18.6 Å². The highest BCUT2D eigenvalue weighted by Crippen LogP contribution is 2.26. The van der Waals surface area contributed by atoms with E-state index in [1.807, 2.05) is 12.1 Å². The van der Waals surface area contributed by atoms with Gasteiger partial charge in [-0.1, -0.05) is 24.3 Å². The Kier molecular flexibility index (Phi) is 3.18. The van der Waals surface area contributed by atoms with Gasteiger partial charge in [0.05, 0.1) is 6.26 Å². The zero-order valence-corrected chi connectivity index (χ0v) is 10.3. The van der Waals surface area contributed by atoms with E-state index in [-0.39, 0.29) is 0 Å². The van der Waals surface area contributed by atoms with E-state index >= 15 is 0 Å². The topological polar surface area (TPSA) is 16.4 Å². The van der Waals surface area contributed by atoms with E-state index in [2.05, 4.69) is 47.4 Å². The standard InChI is InChI=1S/C16H17NO/c1-2-6-14(7-3-1)17-12-4-8-15(17)10-11-16-9-5-13-18-16/h1-3,5-7,9-11,13,15H,4,8,12H2/b11-10-. The minimum Gasteiger partial charge on any atom is -0.465 e. The minimum absolute atomic E-state index is 0.484. The Morgan fingerprint density at radius 1 is 1.11 bits per heavy atom. The molecule has 92 valence electrons. The fourth-order valence-electron chi connectivity index (χ4n) is 2.52. The summed E-state index contributed by atoms with van der Waals surface area (Å²) in [7, 11) is 0. The van der Waals surface area contributed by atoms with Gasteiger partial charge in [-0.3, -0.25) is 0 Å². The number of hydrogen-bond donors (Lipinski definition) is 0. The Bertz CT molecular complexity index is 501. The highest BCUT2D eigenvalue weighted by molar-refractivity contribution is 5.52. The fourth-order valence-corrected chi connectivity index (χ4v) is 2.52. The third-order valence-electron chi connectivity index (χ3n) is 3.41. The van der Waals surface area contributed by atoms with Crippen molar-refractivity contribution in [3.8, 4) is 0 Å². The van der Waals surface area contributed by atoms with Gasteiger partial charge in [-0.05, 0) is 43.2 Å². The molecule has 2 heteroatoms. The molecule has 1 aromatic carbocycles. The lowest BCUT2D eigenvalue weighted by Gasteiger charge is -2.24. The molecule has 1 aliphatic rings. The molecule has 1 fully saturated rings. The number of benzene rings is 1. The average molecular weight is 239 g/mol. The number of hydrogen-bond acceptors (Lipinski definition) is 2. The maximum atomic E-state index is 5.33. The maximum absolute atomic E-state index is 5.33. The third-order valence-corrected chi connectivity index (χ3v) is 3.41. The first-order valence-electron chi connectivity index (χ1n) is 6.47. The smallest absolute Gasteiger partial charge is 0.126 e. The molecule has 1 aromatic heterocycles. The van der Waals surface area contributed by atoms with E-state index in [0.717, 1.165) is 12.3 Å². The van der Waals surface area contributed by atoms with Crippen LogP contribution in [0, 0.1) is 0 Å². The predicted octanol–water partition coefficient (Wildman–Crippen LogP) is 3.96. The summed E-state index contributed by atoms with van der Waals surface area (Å²) in [5.74, 6) is 0.926. The van der Waals surface area contributed by atoms with Crippen LogP contribution in [0.5, 0.6) is 0 Å². The summed E-state index contributed by atoms with van der Waals surface area (Å²) in [4.78, 5) is 2.46. The fraction of sp³-hybridized carbons (Fsp3) is 0.250. The van der Waals surface area contributed by atoms with E-state index in [1.54, 1.807) is 6.26 Å². The van der Waals surface area contributed by atoms with Crippen LogP contribution in [0.4, 0.5) is 5.69 Å². The van der Waals surface area contributed by atoms with Gasteiger partial charge in [-0.25, -0.2) is 0 Å². The van der Waals surface area contributed by atoms with Gasteiger partial charge in [0.1, 0.15) is 5.76 Å². The van der Waals surface area contributed by atoms with E-state index in [1.165, 1.54) is 18.5 Å². The molecule has 2 aromatic rings. The molecular weight excluding hydrogens is 222 g/mol. The van der Waals surface area contributed by atoms with Gasteiger partial charge in [0.15, 0.2) is 0 Å². The molecule has 2 nitrogen and oxygen atoms in total. The largest absolute Gasteiger partial charge is 0.465 e. The number of anilines is 1. The Labute approximate surface area is 108 Å². The summed E-state index contributed by atoms with van der Waals surface area (Å²) in [5.41, 5.74) is 1.31. The minimum atomic E-state index is 0.484. The van der Waals surface area contributed by atoms with Crippen molar-refractivity contribution in [1.82, 2.24) is 0 Å². The van der Waals surface area contributed by atoms with Gasteiger partial charge in [0.25, 0.3) is 0 Å². The molecule has 0 radical (unpaired) electrons. The number of para-hydroxylation sites is 1. The SMILES string of the molecule is C(=C/C1CCCN1c1ccccc1)/c1ccco1. The van der Waals surface area contributed by atoms with Crippen LogP contribution in [-0.4, -0.2) is 12.6 Å². The lowest BCUT2D eigenvalue weighted by molar-refractivity contribution is 0.556. The first-order valence-corrected chi connectivity index (χ1v) is 6.47. The van der Waals surface area contributed by atoms with Gasteiger partial charge in [0, 0.05) is 18.3 Å². The summed E-state index contributed by atoms with van der Waals surface area (Å²) >= 11 is 0. The monoisotopic (exact) mass is 239 g/mol. The lowest BCUT2D eigenvalue weighted by atomic mass is 10.2. The molecule has 3 rings (SSSR count). The van der Waals surface area contributed by atoms with Crippen molar-refractivity contribution in [2.75, 3.05) is 11.4 Å². The Balaban J connectivity index is 1.76. The summed E-state index contributed by atoms with van der Waals surface area (Å²) in [6, 6.07) is 15.0. The van der Waals surface area contributed by atoms with Crippen molar-refractivity contribution in [3.63, 3.8) is 0 Å². The third kappa shape index (κ3) is 2.33. The summed E-state index contributed by atoms with van der Waals surface area (Å²) < 4.78 is 5.33. The van der Waals surface area contributed by atoms with Crippen molar-refractivity contribution < 1.29 is 4.42 Å². The van der Waals surface area contributed by atoms with Crippen LogP contribution in [0.2, 0.25) is 0 Å². The maximum Gasteiger partial charge on any atom is 0.126 e.